The molecule has 1 saturated heterocycles. The highest BCUT2D eigenvalue weighted by Crippen LogP contribution is 2.45. The minimum atomic E-state index is -0.865. The van der Waals surface area contributed by atoms with Gasteiger partial charge in [-0.3, -0.25) is 9.80 Å². The number of ether oxygens (including phenoxy) is 1. The maximum Gasteiger partial charge on any atom is 0.334 e. The number of aryl methyl sites for hydroxylation is 1. The topological polar surface area (TPSA) is 69.7 Å². The summed E-state index contributed by atoms with van der Waals surface area (Å²) in [5, 5.41) is 6.84. The fraction of sp³-hybridized carbons (Fsp3) is 0.357. The van der Waals surface area contributed by atoms with Crippen LogP contribution in [0.15, 0.2) is 42.6 Å². The predicted octanol–water partition coefficient (Wildman–Crippen LogP) is 6.27. The molecular weight excluding hydrogens is 512 g/mol. The molecule has 0 bridgehead atoms. The summed E-state index contributed by atoms with van der Waals surface area (Å²) >= 11 is 6.31. The van der Waals surface area contributed by atoms with E-state index in [1.165, 1.54) is 17.0 Å². The van der Waals surface area contributed by atoms with E-state index in [2.05, 4.69) is 15.6 Å². The van der Waals surface area contributed by atoms with Gasteiger partial charge in [-0.15, -0.1) is 0 Å². The SMILES string of the molecule is CCN1C(=O)N(c2c(F)cc(NCCNC3CCOCC3)cc2F)c2cc(Cl)ccc2-c2cc(C)cnc21. The van der Waals surface area contributed by atoms with Gasteiger partial charge in [0.15, 0.2) is 11.6 Å². The lowest BCUT2D eigenvalue weighted by Crippen LogP contribution is -2.41. The molecule has 0 atom stereocenters. The highest BCUT2D eigenvalue weighted by atomic mass is 35.5. The van der Waals surface area contributed by atoms with E-state index in [4.69, 9.17) is 16.3 Å². The number of fused-ring (bicyclic) bond motifs is 3. The molecule has 0 spiro atoms. The number of amides is 2. The number of halogens is 3. The molecule has 200 valence electrons. The van der Waals surface area contributed by atoms with Crippen LogP contribution in [-0.4, -0.2) is 49.9 Å². The van der Waals surface area contributed by atoms with Crippen LogP contribution in [0, 0.1) is 18.6 Å². The van der Waals surface area contributed by atoms with Gasteiger partial charge in [-0.1, -0.05) is 17.7 Å². The van der Waals surface area contributed by atoms with Crippen molar-refractivity contribution in [1.29, 1.82) is 0 Å². The summed E-state index contributed by atoms with van der Waals surface area (Å²) in [6.45, 7) is 6.55. The Labute approximate surface area is 225 Å². The van der Waals surface area contributed by atoms with Crippen LogP contribution in [0.5, 0.6) is 0 Å². The average Bonchev–Trinajstić information content (AvgIpc) is 2.99. The van der Waals surface area contributed by atoms with E-state index in [1.807, 2.05) is 13.0 Å². The third-order valence-electron chi connectivity index (χ3n) is 6.84. The Bertz CT molecular complexity index is 1330. The first-order valence-electron chi connectivity index (χ1n) is 12.8. The van der Waals surface area contributed by atoms with Crippen molar-refractivity contribution in [3.05, 3.63) is 64.8 Å². The van der Waals surface area contributed by atoms with Gasteiger partial charge in [0.25, 0.3) is 0 Å². The first-order valence-corrected chi connectivity index (χ1v) is 13.2. The standard InChI is InChI=1S/C28H30ClF2N5O2/c1-3-35-27-22(12-17(2)16-34-27)21-5-4-18(29)13-25(21)36(28(35)37)26-23(30)14-20(15-24(26)31)33-9-8-32-19-6-10-38-11-7-19/h4-5,12-16,19,32-33H,3,6-11H2,1-2H3. The number of carbonyl (C=O) groups is 1. The van der Waals surface area contributed by atoms with Crippen LogP contribution in [0.2, 0.25) is 5.02 Å². The molecule has 3 aromatic rings. The molecule has 2 aliphatic heterocycles. The smallest absolute Gasteiger partial charge is 0.334 e. The van der Waals surface area contributed by atoms with Gasteiger partial charge < -0.3 is 15.4 Å². The molecule has 0 aliphatic carbocycles. The quantitative estimate of drug-likeness (QED) is 0.345. The summed E-state index contributed by atoms with van der Waals surface area (Å²) in [6.07, 6.45) is 3.56. The summed E-state index contributed by atoms with van der Waals surface area (Å²) in [4.78, 5) is 20.8. The third kappa shape index (κ3) is 5.18. The Morgan fingerprint density at radius 3 is 2.53 bits per heavy atom. The van der Waals surface area contributed by atoms with Gasteiger partial charge in [0, 0.05) is 66.9 Å². The Morgan fingerprint density at radius 2 is 1.82 bits per heavy atom. The summed E-state index contributed by atoms with van der Waals surface area (Å²) < 4.78 is 36.7. The summed E-state index contributed by atoms with van der Waals surface area (Å²) in [6, 6.07) is 9.06. The molecule has 1 aromatic heterocycles. The predicted molar refractivity (Wildman–Crippen MR) is 147 cm³/mol. The number of carbonyl (C=O) groups excluding carboxylic acids is 1. The number of hydrogen-bond donors (Lipinski definition) is 2. The minimum absolute atomic E-state index is 0.253. The number of benzene rings is 2. The summed E-state index contributed by atoms with van der Waals surface area (Å²) in [5.74, 6) is -1.31. The second-order valence-corrected chi connectivity index (χ2v) is 9.90. The Balaban J connectivity index is 1.48. The van der Waals surface area contributed by atoms with Crippen LogP contribution in [0.3, 0.4) is 0 Å². The molecule has 2 aromatic carbocycles. The molecule has 1 fully saturated rings. The maximum absolute atomic E-state index is 15.6. The van der Waals surface area contributed by atoms with Crippen molar-refractivity contribution in [2.75, 3.05) is 48.0 Å². The average molecular weight is 542 g/mol. The third-order valence-corrected chi connectivity index (χ3v) is 7.07. The lowest BCUT2D eigenvalue weighted by atomic mass is 10.0. The summed E-state index contributed by atoms with van der Waals surface area (Å²) in [5.41, 5.74) is 2.29. The number of anilines is 4. The molecule has 0 radical (unpaired) electrons. The molecule has 0 saturated carbocycles. The zero-order valence-electron chi connectivity index (χ0n) is 21.4. The van der Waals surface area contributed by atoms with E-state index in [9.17, 15) is 4.79 Å². The van der Waals surface area contributed by atoms with Crippen LogP contribution in [-0.2, 0) is 4.74 Å². The number of aromatic nitrogens is 1. The fourth-order valence-electron chi connectivity index (χ4n) is 4.97. The van der Waals surface area contributed by atoms with Crippen molar-refractivity contribution in [2.24, 2.45) is 0 Å². The van der Waals surface area contributed by atoms with Crippen LogP contribution in [0.4, 0.5) is 36.5 Å². The number of urea groups is 1. The van der Waals surface area contributed by atoms with Gasteiger partial charge in [-0.25, -0.2) is 18.6 Å². The molecule has 38 heavy (non-hydrogen) atoms. The maximum atomic E-state index is 15.6. The first kappa shape index (κ1) is 26.3. The fourth-order valence-corrected chi connectivity index (χ4v) is 5.14. The molecule has 5 rings (SSSR count). The molecule has 2 N–H and O–H groups in total. The Morgan fingerprint density at radius 1 is 1.08 bits per heavy atom. The number of rotatable bonds is 7. The van der Waals surface area contributed by atoms with E-state index >= 15 is 8.78 Å². The zero-order valence-corrected chi connectivity index (χ0v) is 22.1. The highest BCUT2D eigenvalue weighted by Gasteiger charge is 2.36. The molecule has 2 aliphatic rings. The second-order valence-electron chi connectivity index (χ2n) is 9.46. The second kappa shape index (κ2) is 11.2. The lowest BCUT2D eigenvalue weighted by molar-refractivity contribution is 0.0784. The van der Waals surface area contributed by atoms with Crippen molar-refractivity contribution in [2.45, 2.75) is 32.7 Å². The minimum Gasteiger partial charge on any atom is -0.384 e. The van der Waals surface area contributed by atoms with Gasteiger partial charge in [0.1, 0.15) is 11.5 Å². The van der Waals surface area contributed by atoms with Crippen LogP contribution in [0.25, 0.3) is 11.1 Å². The number of hydrogen-bond acceptors (Lipinski definition) is 5. The van der Waals surface area contributed by atoms with Gasteiger partial charge in [0.05, 0.1) is 5.69 Å². The molecule has 3 heterocycles. The Kier molecular flexibility index (Phi) is 7.78. The monoisotopic (exact) mass is 541 g/mol. The van der Waals surface area contributed by atoms with Crippen molar-refractivity contribution in [3.63, 3.8) is 0 Å². The van der Waals surface area contributed by atoms with Crippen LogP contribution in [0.1, 0.15) is 25.3 Å². The van der Waals surface area contributed by atoms with Gasteiger partial charge in [-0.05, 0) is 62.6 Å². The van der Waals surface area contributed by atoms with Crippen LogP contribution >= 0.6 is 11.6 Å². The van der Waals surface area contributed by atoms with E-state index in [1.54, 1.807) is 31.3 Å². The highest BCUT2D eigenvalue weighted by molar-refractivity contribution is 6.31. The van der Waals surface area contributed by atoms with Crippen LogP contribution < -0.4 is 20.4 Å². The van der Waals surface area contributed by atoms with E-state index in [0.717, 1.165) is 36.5 Å². The van der Waals surface area contributed by atoms with E-state index in [-0.39, 0.29) is 12.2 Å². The van der Waals surface area contributed by atoms with Crippen molar-refractivity contribution >= 4 is 40.5 Å². The lowest BCUT2D eigenvalue weighted by Gasteiger charge is -2.28. The number of nitrogens with zero attached hydrogens (tertiary/aromatic N) is 3. The van der Waals surface area contributed by atoms with E-state index in [0.29, 0.717) is 46.8 Å². The number of pyridine rings is 1. The molecule has 7 nitrogen and oxygen atoms in total. The van der Waals surface area contributed by atoms with Gasteiger partial charge in [0.2, 0.25) is 0 Å². The number of nitrogens with one attached hydrogen (secondary N) is 2. The normalized spacial score (nSPS) is 15.8. The molecule has 10 heteroatoms. The largest absolute Gasteiger partial charge is 0.384 e. The molecule has 2 amide bonds. The van der Waals surface area contributed by atoms with Crippen molar-refractivity contribution in [3.8, 4) is 11.1 Å². The van der Waals surface area contributed by atoms with Gasteiger partial charge >= 0.3 is 6.03 Å². The summed E-state index contributed by atoms with van der Waals surface area (Å²) in [7, 11) is 0. The Hall–Kier alpha value is -3.27. The van der Waals surface area contributed by atoms with Gasteiger partial charge in [-0.2, -0.15) is 0 Å². The van der Waals surface area contributed by atoms with Crippen molar-refractivity contribution < 1.29 is 18.3 Å². The zero-order chi connectivity index (χ0) is 26.8. The van der Waals surface area contributed by atoms with E-state index < -0.39 is 23.4 Å². The molecular formula is C28H30ClF2N5O2. The first-order chi connectivity index (χ1) is 18.4. The van der Waals surface area contributed by atoms with Crippen molar-refractivity contribution in [1.82, 2.24) is 10.3 Å². The molecule has 0 unspecified atom stereocenters.